The highest BCUT2D eigenvalue weighted by Gasteiger charge is 2.16. The zero-order valence-electron chi connectivity index (χ0n) is 12.6. The zero-order valence-corrected chi connectivity index (χ0v) is 13.3. The van der Waals surface area contributed by atoms with Gasteiger partial charge in [0.2, 0.25) is 5.91 Å². The van der Waals surface area contributed by atoms with Crippen LogP contribution in [-0.2, 0) is 4.79 Å². The lowest BCUT2D eigenvalue weighted by molar-refractivity contribution is -0.118. The van der Waals surface area contributed by atoms with Gasteiger partial charge in [-0.25, -0.2) is 0 Å². The molecule has 2 aromatic rings. The van der Waals surface area contributed by atoms with Crippen molar-refractivity contribution in [1.29, 1.82) is 0 Å². The van der Waals surface area contributed by atoms with Gasteiger partial charge >= 0.3 is 0 Å². The lowest BCUT2D eigenvalue weighted by atomic mass is 10.2. The number of hydrogen-bond donors (Lipinski definition) is 1. The second-order valence-corrected chi connectivity index (χ2v) is 5.37. The van der Waals surface area contributed by atoms with Crippen molar-refractivity contribution in [1.82, 2.24) is 4.57 Å². The average Bonchev–Trinajstić information content (AvgIpc) is 2.46. The van der Waals surface area contributed by atoms with E-state index in [-0.39, 0.29) is 11.5 Å². The first-order valence-corrected chi connectivity index (χ1v) is 7.13. The van der Waals surface area contributed by atoms with Gasteiger partial charge in [0.05, 0.1) is 12.1 Å². The number of nitrogens with one attached hydrogen (secondary N) is 1. The molecule has 6 heteroatoms. The molecule has 1 aromatic heterocycles. The Morgan fingerprint density at radius 1 is 1.32 bits per heavy atom. The first kappa shape index (κ1) is 16.1. The SMILES string of the molecule is COc1ccc(NC(=O)C(C)n2ccc(C)cc2=O)cc1Cl. The molecule has 0 aliphatic carbocycles. The highest BCUT2D eigenvalue weighted by atomic mass is 35.5. The number of pyridine rings is 1. The fraction of sp³-hybridized carbons (Fsp3) is 0.250. The Kier molecular flexibility index (Phi) is 4.88. The number of halogens is 1. The minimum Gasteiger partial charge on any atom is -0.495 e. The van der Waals surface area contributed by atoms with Crippen LogP contribution in [0.4, 0.5) is 5.69 Å². The second kappa shape index (κ2) is 6.66. The van der Waals surface area contributed by atoms with Gasteiger partial charge in [-0.1, -0.05) is 11.6 Å². The quantitative estimate of drug-likeness (QED) is 0.942. The standard InChI is InChI=1S/C16H17ClN2O3/c1-10-6-7-19(15(20)8-10)11(2)16(21)18-12-4-5-14(22-3)13(17)9-12/h4-9,11H,1-3H3,(H,18,21). The Hall–Kier alpha value is -2.27. The minimum atomic E-state index is -0.631. The van der Waals surface area contributed by atoms with Crippen LogP contribution in [0.3, 0.4) is 0 Å². The van der Waals surface area contributed by atoms with E-state index in [0.717, 1.165) is 5.56 Å². The van der Waals surface area contributed by atoms with E-state index in [1.807, 2.05) is 6.92 Å². The maximum Gasteiger partial charge on any atom is 0.251 e. The van der Waals surface area contributed by atoms with Crippen LogP contribution in [0.25, 0.3) is 0 Å². The predicted molar refractivity (Wildman–Crippen MR) is 86.8 cm³/mol. The number of benzene rings is 1. The first-order valence-electron chi connectivity index (χ1n) is 6.75. The second-order valence-electron chi connectivity index (χ2n) is 4.96. The van der Waals surface area contributed by atoms with Crippen molar-refractivity contribution in [2.24, 2.45) is 0 Å². The summed E-state index contributed by atoms with van der Waals surface area (Å²) in [6.07, 6.45) is 1.61. The minimum absolute atomic E-state index is 0.213. The Labute approximate surface area is 133 Å². The first-order chi connectivity index (χ1) is 10.4. The molecule has 1 unspecified atom stereocenters. The smallest absolute Gasteiger partial charge is 0.251 e. The van der Waals surface area contributed by atoms with E-state index in [9.17, 15) is 9.59 Å². The van der Waals surface area contributed by atoms with Crippen LogP contribution in [0.1, 0.15) is 18.5 Å². The van der Waals surface area contributed by atoms with E-state index in [2.05, 4.69) is 5.32 Å². The highest BCUT2D eigenvalue weighted by Crippen LogP contribution is 2.27. The van der Waals surface area contributed by atoms with Crippen molar-refractivity contribution in [3.05, 3.63) is 57.5 Å². The molecule has 22 heavy (non-hydrogen) atoms. The average molecular weight is 321 g/mol. The number of carbonyl (C=O) groups excluding carboxylic acids is 1. The van der Waals surface area contributed by atoms with Crippen molar-refractivity contribution in [2.45, 2.75) is 19.9 Å². The predicted octanol–water partition coefficient (Wildman–Crippen LogP) is 3.02. The van der Waals surface area contributed by atoms with Crippen LogP contribution in [0.2, 0.25) is 5.02 Å². The third-order valence-electron chi connectivity index (χ3n) is 3.32. The van der Waals surface area contributed by atoms with Gasteiger partial charge in [0.1, 0.15) is 11.8 Å². The summed E-state index contributed by atoms with van der Waals surface area (Å²) in [7, 11) is 1.52. The fourth-order valence-corrected chi connectivity index (χ4v) is 2.28. The monoisotopic (exact) mass is 320 g/mol. The molecule has 5 nitrogen and oxygen atoms in total. The number of carbonyl (C=O) groups is 1. The molecule has 0 saturated carbocycles. The maximum atomic E-state index is 12.3. The van der Waals surface area contributed by atoms with Crippen LogP contribution >= 0.6 is 11.6 Å². The highest BCUT2D eigenvalue weighted by molar-refractivity contribution is 6.32. The van der Waals surface area contributed by atoms with E-state index < -0.39 is 6.04 Å². The summed E-state index contributed by atoms with van der Waals surface area (Å²) < 4.78 is 6.44. The van der Waals surface area contributed by atoms with E-state index in [0.29, 0.717) is 16.5 Å². The van der Waals surface area contributed by atoms with Gasteiger partial charge in [0.25, 0.3) is 5.56 Å². The Morgan fingerprint density at radius 2 is 2.05 bits per heavy atom. The third-order valence-corrected chi connectivity index (χ3v) is 3.62. The number of methoxy groups -OCH3 is 1. The molecule has 0 aliphatic heterocycles. The number of ether oxygens (including phenoxy) is 1. The van der Waals surface area contributed by atoms with Crippen molar-refractivity contribution < 1.29 is 9.53 Å². The van der Waals surface area contributed by atoms with E-state index in [1.54, 1.807) is 37.4 Å². The molecule has 116 valence electrons. The molecule has 1 amide bonds. The van der Waals surface area contributed by atoms with E-state index in [4.69, 9.17) is 16.3 Å². The van der Waals surface area contributed by atoms with Crippen molar-refractivity contribution in [3.8, 4) is 5.75 Å². The number of nitrogens with zero attached hydrogens (tertiary/aromatic N) is 1. The third kappa shape index (κ3) is 3.49. The Balaban J connectivity index is 2.18. The van der Waals surface area contributed by atoms with Crippen molar-refractivity contribution >= 4 is 23.2 Å². The van der Waals surface area contributed by atoms with E-state index in [1.165, 1.54) is 17.7 Å². The van der Waals surface area contributed by atoms with Gasteiger partial charge in [-0.05, 0) is 43.7 Å². The summed E-state index contributed by atoms with van der Waals surface area (Å²) in [5, 5.41) is 3.14. The van der Waals surface area contributed by atoms with Gasteiger partial charge in [-0.3, -0.25) is 9.59 Å². The number of anilines is 1. The summed E-state index contributed by atoms with van der Waals surface area (Å²) >= 11 is 6.02. The number of rotatable bonds is 4. The molecule has 1 atom stereocenters. The molecule has 0 aliphatic rings. The van der Waals surface area contributed by atoms with Crippen LogP contribution in [0, 0.1) is 6.92 Å². The molecule has 1 aromatic carbocycles. The van der Waals surface area contributed by atoms with Gasteiger partial charge in [-0.2, -0.15) is 0 Å². The molecule has 2 rings (SSSR count). The topological polar surface area (TPSA) is 60.3 Å². The van der Waals surface area contributed by atoms with Crippen LogP contribution in [-0.4, -0.2) is 17.6 Å². The lowest BCUT2D eigenvalue weighted by Crippen LogP contribution is -2.31. The maximum absolute atomic E-state index is 12.3. The van der Waals surface area contributed by atoms with Gasteiger partial charge in [0.15, 0.2) is 0 Å². The van der Waals surface area contributed by atoms with Gasteiger partial charge in [-0.15, -0.1) is 0 Å². The lowest BCUT2D eigenvalue weighted by Gasteiger charge is -2.15. The molecule has 0 bridgehead atoms. The van der Waals surface area contributed by atoms with Crippen molar-refractivity contribution in [2.75, 3.05) is 12.4 Å². The van der Waals surface area contributed by atoms with Crippen LogP contribution < -0.4 is 15.6 Å². The molecular weight excluding hydrogens is 304 g/mol. The fourth-order valence-electron chi connectivity index (χ4n) is 2.03. The Morgan fingerprint density at radius 3 is 2.64 bits per heavy atom. The zero-order chi connectivity index (χ0) is 16.3. The van der Waals surface area contributed by atoms with Gasteiger partial charge in [0, 0.05) is 18.0 Å². The summed E-state index contributed by atoms with van der Waals surface area (Å²) in [4.78, 5) is 24.2. The number of aryl methyl sites for hydroxylation is 1. The number of hydrogen-bond acceptors (Lipinski definition) is 3. The molecule has 1 heterocycles. The van der Waals surface area contributed by atoms with Crippen LogP contribution in [0.5, 0.6) is 5.75 Å². The summed E-state index contributed by atoms with van der Waals surface area (Å²) in [6, 6.07) is 7.61. The van der Waals surface area contributed by atoms with Gasteiger partial charge < -0.3 is 14.6 Å². The summed E-state index contributed by atoms with van der Waals surface area (Å²) in [5.41, 5.74) is 1.19. The number of amides is 1. The molecule has 0 spiro atoms. The molecule has 0 radical (unpaired) electrons. The van der Waals surface area contributed by atoms with Crippen molar-refractivity contribution in [3.63, 3.8) is 0 Å². The summed E-state index contributed by atoms with van der Waals surface area (Å²) in [5.74, 6) is 0.231. The summed E-state index contributed by atoms with van der Waals surface area (Å²) in [6.45, 7) is 3.49. The largest absolute Gasteiger partial charge is 0.495 e. The molecular formula is C16H17ClN2O3. The normalized spacial score (nSPS) is 11.8. The number of aromatic nitrogens is 1. The molecule has 1 N–H and O–H groups in total. The van der Waals surface area contributed by atoms with Crippen LogP contribution in [0.15, 0.2) is 41.3 Å². The van der Waals surface area contributed by atoms with E-state index >= 15 is 0 Å². The Bertz CT molecular complexity index is 755. The molecule has 0 fully saturated rings. The molecule has 0 saturated heterocycles.